The van der Waals surface area contributed by atoms with Crippen molar-refractivity contribution in [2.24, 2.45) is 0 Å². The van der Waals surface area contributed by atoms with E-state index in [-0.39, 0.29) is 12.3 Å². The zero-order valence-electron chi connectivity index (χ0n) is 10.3. The standard InChI is InChI=1S/C12H9F3N2O3/c1-2-20-11(19)7-6-16-9-5-3-4-8(12(13,14)15)17(9)10(7)18/h3-6H,2H2,1H3. The summed E-state index contributed by atoms with van der Waals surface area (Å²) < 4.78 is 43.6. The summed E-state index contributed by atoms with van der Waals surface area (Å²) in [4.78, 5) is 27.2. The van der Waals surface area contributed by atoms with Crippen molar-refractivity contribution in [2.75, 3.05) is 6.61 Å². The number of fused-ring (bicyclic) bond motifs is 1. The minimum absolute atomic E-state index is 0.00188. The van der Waals surface area contributed by atoms with Gasteiger partial charge in [-0.25, -0.2) is 9.78 Å². The number of rotatable bonds is 2. The summed E-state index contributed by atoms with van der Waals surface area (Å²) in [7, 11) is 0. The van der Waals surface area contributed by atoms with Gasteiger partial charge >= 0.3 is 12.1 Å². The molecule has 0 bridgehead atoms. The number of aromatic nitrogens is 2. The number of nitrogens with zero attached hydrogens (tertiary/aromatic N) is 2. The fraction of sp³-hybridized carbons (Fsp3) is 0.250. The van der Waals surface area contributed by atoms with Gasteiger partial charge in [-0.05, 0) is 19.1 Å². The lowest BCUT2D eigenvalue weighted by molar-refractivity contribution is -0.142. The van der Waals surface area contributed by atoms with Crippen molar-refractivity contribution < 1.29 is 22.7 Å². The van der Waals surface area contributed by atoms with Crippen LogP contribution in [0.1, 0.15) is 23.0 Å². The van der Waals surface area contributed by atoms with Gasteiger partial charge in [0.25, 0.3) is 5.56 Å². The first-order valence-corrected chi connectivity index (χ1v) is 5.61. The maximum atomic E-state index is 12.9. The Morgan fingerprint density at radius 2 is 2.10 bits per heavy atom. The third kappa shape index (κ3) is 2.36. The fourth-order valence-corrected chi connectivity index (χ4v) is 1.69. The smallest absolute Gasteiger partial charge is 0.431 e. The number of pyridine rings is 1. The molecule has 2 rings (SSSR count). The lowest BCUT2D eigenvalue weighted by Crippen LogP contribution is -2.28. The van der Waals surface area contributed by atoms with Crippen LogP contribution in [-0.4, -0.2) is 22.0 Å². The van der Waals surface area contributed by atoms with E-state index in [1.807, 2.05) is 0 Å². The van der Waals surface area contributed by atoms with Crippen LogP contribution in [0.3, 0.4) is 0 Å². The number of hydrogen-bond acceptors (Lipinski definition) is 4. The van der Waals surface area contributed by atoms with Crippen molar-refractivity contribution in [2.45, 2.75) is 13.1 Å². The second-order valence-corrected chi connectivity index (χ2v) is 3.80. The Labute approximate surface area is 110 Å². The van der Waals surface area contributed by atoms with Gasteiger partial charge in [0.05, 0.1) is 6.61 Å². The number of alkyl halides is 3. The molecule has 106 valence electrons. The zero-order chi connectivity index (χ0) is 14.9. The van der Waals surface area contributed by atoms with E-state index < -0.39 is 29.0 Å². The van der Waals surface area contributed by atoms with Gasteiger partial charge in [-0.3, -0.25) is 9.20 Å². The summed E-state index contributed by atoms with van der Waals surface area (Å²) in [5, 5.41) is 0. The third-order valence-corrected chi connectivity index (χ3v) is 2.51. The number of esters is 1. The molecule has 2 heterocycles. The van der Waals surface area contributed by atoms with Crippen molar-refractivity contribution in [1.82, 2.24) is 9.38 Å². The Bertz CT molecular complexity index is 722. The normalized spacial score (nSPS) is 11.6. The highest BCUT2D eigenvalue weighted by Gasteiger charge is 2.34. The van der Waals surface area contributed by atoms with Crippen LogP contribution in [0.4, 0.5) is 13.2 Å². The van der Waals surface area contributed by atoms with Crippen LogP contribution in [0.5, 0.6) is 0 Å². The maximum Gasteiger partial charge on any atom is 0.431 e. The number of ether oxygens (including phenoxy) is 1. The summed E-state index contributed by atoms with van der Waals surface area (Å²) >= 11 is 0. The lowest BCUT2D eigenvalue weighted by atomic mass is 10.3. The SMILES string of the molecule is CCOC(=O)c1cnc2cccc(C(F)(F)F)n2c1=O. The highest BCUT2D eigenvalue weighted by Crippen LogP contribution is 2.28. The minimum Gasteiger partial charge on any atom is -0.462 e. The van der Waals surface area contributed by atoms with E-state index in [2.05, 4.69) is 9.72 Å². The monoisotopic (exact) mass is 286 g/mol. The molecule has 0 aromatic carbocycles. The van der Waals surface area contributed by atoms with Crippen LogP contribution in [0.2, 0.25) is 0 Å². The molecule has 2 aromatic heterocycles. The van der Waals surface area contributed by atoms with E-state index in [9.17, 15) is 22.8 Å². The Kier molecular flexibility index (Phi) is 3.47. The van der Waals surface area contributed by atoms with Gasteiger partial charge in [0.15, 0.2) is 0 Å². The summed E-state index contributed by atoms with van der Waals surface area (Å²) in [6.07, 6.45) is -3.83. The minimum atomic E-state index is -4.74. The van der Waals surface area contributed by atoms with Crippen LogP contribution in [-0.2, 0) is 10.9 Å². The number of carbonyl (C=O) groups is 1. The summed E-state index contributed by atoms with van der Waals surface area (Å²) in [6.45, 7) is 1.52. The van der Waals surface area contributed by atoms with E-state index in [4.69, 9.17) is 0 Å². The van der Waals surface area contributed by atoms with E-state index in [0.717, 1.165) is 18.3 Å². The van der Waals surface area contributed by atoms with Crippen molar-refractivity contribution in [1.29, 1.82) is 0 Å². The molecule has 0 aliphatic heterocycles. The molecular weight excluding hydrogens is 277 g/mol. The van der Waals surface area contributed by atoms with E-state index in [1.54, 1.807) is 0 Å². The third-order valence-electron chi connectivity index (χ3n) is 2.51. The Morgan fingerprint density at radius 3 is 2.70 bits per heavy atom. The predicted octanol–water partition coefficient (Wildman–Crippen LogP) is 1.89. The molecule has 5 nitrogen and oxygen atoms in total. The highest BCUT2D eigenvalue weighted by atomic mass is 19.4. The van der Waals surface area contributed by atoms with Gasteiger partial charge in [0, 0.05) is 6.20 Å². The molecule has 20 heavy (non-hydrogen) atoms. The van der Waals surface area contributed by atoms with Crippen molar-refractivity contribution >= 4 is 11.6 Å². The van der Waals surface area contributed by atoms with Crippen molar-refractivity contribution in [3.63, 3.8) is 0 Å². The molecule has 0 saturated heterocycles. The van der Waals surface area contributed by atoms with E-state index in [0.29, 0.717) is 4.40 Å². The van der Waals surface area contributed by atoms with Gasteiger partial charge < -0.3 is 4.74 Å². The molecule has 0 fully saturated rings. The number of halogens is 3. The van der Waals surface area contributed by atoms with Crippen molar-refractivity contribution in [3.8, 4) is 0 Å². The molecule has 0 aliphatic carbocycles. The average Bonchev–Trinajstić information content (AvgIpc) is 2.37. The van der Waals surface area contributed by atoms with Gasteiger partial charge in [0.2, 0.25) is 0 Å². The Morgan fingerprint density at radius 1 is 1.40 bits per heavy atom. The van der Waals surface area contributed by atoms with Gasteiger partial charge in [0.1, 0.15) is 16.9 Å². The number of carbonyl (C=O) groups excluding carboxylic acids is 1. The molecule has 2 aromatic rings. The van der Waals surface area contributed by atoms with Crippen LogP contribution >= 0.6 is 0 Å². The van der Waals surface area contributed by atoms with E-state index in [1.165, 1.54) is 13.0 Å². The predicted molar refractivity (Wildman–Crippen MR) is 62.4 cm³/mol. The molecule has 0 atom stereocenters. The Hall–Kier alpha value is -2.38. The van der Waals surface area contributed by atoms with E-state index >= 15 is 0 Å². The quantitative estimate of drug-likeness (QED) is 0.791. The first kappa shape index (κ1) is 14.0. The van der Waals surface area contributed by atoms with Crippen molar-refractivity contribution in [3.05, 3.63) is 46.0 Å². The topological polar surface area (TPSA) is 60.7 Å². The van der Waals surface area contributed by atoms with Crippen LogP contribution in [0, 0.1) is 0 Å². The van der Waals surface area contributed by atoms with Crippen LogP contribution < -0.4 is 5.56 Å². The van der Waals surface area contributed by atoms with Gasteiger partial charge in [-0.15, -0.1) is 0 Å². The molecule has 0 N–H and O–H groups in total. The van der Waals surface area contributed by atoms with Gasteiger partial charge in [-0.2, -0.15) is 13.2 Å². The molecule has 0 radical (unpaired) electrons. The summed E-state index contributed by atoms with van der Waals surface area (Å²) in [5.41, 5.74) is -3.04. The summed E-state index contributed by atoms with van der Waals surface area (Å²) in [6, 6.07) is 3.12. The average molecular weight is 286 g/mol. The lowest BCUT2D eigenvalue weighted by Gasteiger charge is -2.11. The largest absolute Gasteiger partial charge is 0.462 e. The molecule has 0 amide bonds. The summed E-state index contributed by atoms with van der Waals surface area (Å²) in [5.74, 6) is -1.00. The van der Waals surface area contributed by atoms with Gasteiger partial charge in [-0.1, -0.05) is 6.07 Å². The van der Waals surface area contributed by atoms with Crippen LogP contribution in [0.25, 0.3) is 5.65 Å². The molecular formula is C12H9F3N2O3. The van der Waals surface area contributed by atoms with Crippen LogP contribution in [0.15, 0.2) is 29.2 Å². The first-order valence-electron chi connectivity index (χ1n) is 5.61. The fourth-order valence-electron chi connectivity index (χ4n) is 1.69. The number of hydrogen-bond donors (Lipinski definition) is 0. The second-order valence-electron chi connectivity index (χ2n) is 3.80. The molecule has 0 unspecified atom stereocenters. The Balaban J connectivity index is 2.78. The molecule has 8 heteroatoms. The first-order chi connectivity index (χ1) is 9.36. The molecule has 0 spiro atoms. The molecule has 0 aliphatic rings. The second kappa shape index (κ2) is 4.95. The highest BCUT2D eigenvalue weighted by molar-refractivity contribution is 5.88. The zero-order valence-corrected chi connectivity index (χ0v) is 10.3. The molecule has 0 saturated carbocycles. The maximum absolute atomic E-state index is 12.9.